The van der Waals surface area contributed by atoms with Crippen molar-refractivity contribution in [2.45, 2.75) is 38.0 Å². The van der Waals surface area contributed by atoms with Gasteiger partial charge in [0.1, 0.15) is 5.82 Å². The molecule has 0 aliphatic rings. The molecule has 0 fully saturated rings. The van der Waals surface area contributed by atoms with Crippen molar-refractivity contribution >= 4 is 27.5 Å². The second kappa shape index (κ2) is 4.84. The van der Waals surface area contributed by atoms with Crippen LogP contribution in [0.1, 0.15) is 32.8 Å². The van der Waals surface area contributed by atoms with Crippen LogP contribution >= 0.6 is 27.5 Å². The van der Waals surface area contributed by atoms with E-state index in [4.69, 9.17) is 11.6 Å². The fourth-order valence-electron chi connectivity index (χ4n) is 1.83. The van der Waals surface area contributed by atoms with Gasteiger partial charge in [-0.3, -0.25) is 0 Å². The average Bonchev–Trinajstić information content (AvgIpc) is 2.06. The Labute approximate surface area is 104 Å². The highest BCUT2D eigenvalue weighted by molar-refractivity contribution is 9.10. The monoisotopic (exact) mass is 292 g/mol. The number of hydrogen-bond acceptors (Lipinski definition) is 0. The van der Waals surface area contributed by atoms with Gasteiger partial charge >= 0.3 is 0 Å². The highest BCUT2D eigenvalue weighted by atomic mass is 79.9. The van der Waals surface area contributed by atoms with Crippen molar-refractivity contribution in [3.63, 3.8) is 0 Å². The maximum absolute atomic E-state index is 13.7. The topological polar surface area (TPSA) is 0 Å². The molecular formula is C12H15BrClF. The van der Waals surface area contributed by atoms with Crippen molar-refractivity contribution in [3.05, 3.63) is 34.1 Å². The molecule has 0 heterocycles. The fraction of sp³-hybridized carbons (Fsp3) is 0.500. The minimum Gasteiger partial charge on any atom is -0.207 e. The van der Waals surface area contributed by atoms with E-state index in [1.54, 1.807) is 6.07 Å². The quantitative estimate of drug-likeness (QED) is 0.697. The molecule has 1 aromatic rings. The van der Waals surface area contributed by atoms with E-state index in [2.05, 4.69) is 15.9 Å². The highest BCUT2D eigenvalue weighted by Crippen LogP contribution is 2.33. The number of rotatable bonds is 3. The molecule has 0 amide bonds. The lowest BCUT2D eigenvalue weighted by Gasteiger charge is -2.27. The second-order valence-electron chi connectivity index (χ2n) is 4.49. The molecule has 0 saturated heterocycles. The van der Waals surface area contributed by atoms with Crippen LogP contribution in [-0.2, 0) is 5.41 Å². The maximum Gasteiger partial charge on any atom is 0.127 e. The van der Waals surface area contributed by atoms with Gasteiger partial charge in [-0.1, -0.05) is 29.8 Å². The van der Waals surface area contributed by atoms with Crippen LogP contribution in [0.3, 0.4) is 0 Å². The summed E-state index contributed by atoms with van der Waals surface area (Å²) in [5.41, 5.74) is 0.471. The van der Waals surface area contributed by atoms with Crippen LogP contribution in [0.25, 0.3) is 0 Å². The van der Waals surface area contributed by atoms with E-state index in [0.717, 1.165) is 10.9 Å². The van der Waals surface area contributed by atoms with Crippen molar-refractivity contribution in [3.8, 4) is 0 Å². The standard InChI is InChI=1S/C12H15BrClF/c1-8(14)7-12(2,3)10-6-9(13)4-5-11(10)15/h4-6,8H,7H2,1-3H3. The van der Waals surface area contributed by atoms with Crippen molar-refractivity contribution in [2.75, 3.05) is 0 Å². The van der Waals surface area contributed by atoms with E-state index >= 15 is 0 Å². The third-order valence-corrected chi connectivity index (χ3v) is 3.10. The smallest absolute Gasteiger partial charge is 0.127 e. The van der Waals surface area contributed by atoms with Crippen LogP contribution in [0.5, 0.6) is 0 Å². The second-order valence-corrected chi connectivity index (χ2v) is 6.15. The zero-order valence-corrected chi connectivity index (χ0v) is 11.5. The molecular weight excluding hydrogens is 278 g/mol. The molecule has 0 radical (unpaired) electrons. The largest absolute Gasteiger partial charge is 0.207 e. The summed E-state index contributed by atoms with van der Waals surface area (Å²) in [6.45, 7) is 5.95. The molecule has 0 aliphatic carbocycles. The molecule has 1 rings (SSSR count). The summed E-state index contributed by atoms with van der Waals surface area (Å²) in [7, 11) is 0. The summed E-state index contributed by atoms with van der Waals surface area (Å²) in [6.07, 6.45) is 0.752. The van der Waals surface area contributed by atoms with Crippen molar-refractivity contribution < 1.29 is 4.39 Å². The van der Waals surface area contributed by atoms with Crippen LogP contribution in [0.15, 0.2) is 22.7 Å². The molecule has 1 aromatic carbocycles. The van der Waals surface area contributed by atoms with E-state index in [1.807, 2.05) is 26.8 Å². The molecule has 0 N–H and O–H groups in total. The number of halogens is 3. The Morgan fingerprint density at radius 3 is 2.60 bits per heavy atom. The number of alkyl halides is 1. The molecule has 0 aromatic heterocycles. The SMILES string of the molecule is CC(Cl)CC(C)(C)c1cc(Br)ccc1F. The Morgan fingerprint density at radius 2 is 2.07 bits per heavy atom. The summed E-state index contributed by atoms with van der Waals surface area (Å²) in [5, 5.41) is 0.0402. The molecule has 0 aliphatic heterocycles. The van der Waals surface area contributed by atoms with Gasteiger partial charge in [-0.05, 0) is 42.5 Å². The first-order valence-electron chi connectivity index (χ1n) is 4.92. The zero-order valence-electron chi connectivity index (χ0n) is 9.15. The Hall–Kier alpha value is -0.0800. The van der Waals surface area contributed by atoms with Gasteiger partial charge in [-0.2, -0.15) is 0 Å². The van der Waals surface area contributed by atoms with E-state index < -0.39 is 0 Å². The first kappa shape index (κ1) is 13.0. The highest BCUT2D eigenvalue weighted by Gasteiger charge is 2.25. The average molecular weight is 294 g/mol. The molecule has 0 spiro atoms. The van der Waals surface area contributed by atoms with Crippen LogP contribution in [0, 0.1) is 5.82 Å². The lowest BCUT2D eigenvalue weighted by atomic mass is 9.80. The maximum atomic E-state index is 13.7. The Morgan fingerprint density at radius 1 is 1.47 bits per heavy atom. The molecule has 3 heteroatoms. The van der Waals surface area contributed by atoms with Gasteiger partial charge in [0.2, 0.25) is 0 Å². The van der Waals surface area contributed by atoms with Crippen molar-refractivity contribution in [1.82, 2.24) is 0 Å². The first-order chi connectivity index (χ1) is 6.83. The van der Waals surface area contributed by atoms with Crippen LogP contribution in [0.2, 0.25) is 0 Å². The van der Waals surface area contributed by atoms with Gasteiger partial charge in [0, 0.05) is 9.85 Å². The Balaban J connectivity index is 3.08. The molecule has 15 heavy (non-hydrogen) atoms. The van der Waals surface area contributed by atoms with Gasteiger partial charge < -0.3 is 0 Å². The minimum absolute atomic E-state index is 0.0402. The van der Waals surface area contributed by atoms with Gasteiger partial charge in [0.25, 0.3) is 0 Å². The summed E-state index contributed by atoms with van der Waals surface area (Å²) in [4.78, 5) is 0. The summed E-state index contributed by atoms with van der Waals surface area (Å²) in [5.74, 6) is -0.166. The lowest BCUT2D eigenvalue weighted by Crippen LogP contribution is -2.22. The van der Waals surface area contributed by atoms with Crippen LogP contribution in [0.4, 0.5) is 4.39 Å². The van der Waals surface area contributed by atoms with Crippen molar-refractivity contribution in [2.24, 2.45) is 0 Å². The Bertz CT molecular complexity index is 347. The van der Waals surface area contributed by atoms with Gasteiger partial charge in [-0.15, -0.1) is 11.6 Å². The van der Waals surface area contributed by atoms with Crippen LogP contribution < -0.4 is 0 Å². The molecule has 0 nitrogen and oxygen atoms in total. The van der Waals surface area contributed by atoms with Crippen molar-refractivity contribution in [1.29, 1.82) is 0 Å². The summed E-state index contributed by atoms with van der Waals surface area (Å²) in [6, 6.07) is 5.02. The predicted octanol–water partition coefficient (Wildman–Crippen LogP) is 4.88. The number of benzene rings is 1. The van der Waals surface area contributed by atoms with E-state index in [1.165, 1.54) is 6.07 Å². The minimum atomic E-state index is -0.241. The number of hydrogen-bond donors (Lipinski definition) is 0. The van der Waals surface area contributed by atoms with Crippen LogP contribution in [-0.4, -0.2) is 5.38 Å². The molecule has 0 bridgehead atoms. The summed E-state index contributed by atoms with van der Waals surface area (Å²) >= 11 is 9.33. The third kappa shape index (κ3) is 3.46. The van der Waals surface area contributed by atoms with Gasteiger partial charge in [-0.25, -0.2) is 4.39 Å². The molecule has 1 unspecified atom stereocenters. The third-order valence-electron chi connectivity index (χ3n) is 2.45. The summed E-state index contributed by atoms with van der Waals surface area (Å²) < 4.78 is 14.5. The fourth-order valence-corrected chi connectivity index (χ4v) is 2.58. The van der Waals surface area contributed by atoms with E-state index in [0.29, 0.717) is 5.56 Å². The van der Waals surface area contributed by atoms with Gasteiger partial charge in [0.15, 0.2) is 0 Å². The first-order valence-corrected chi connectivity index (χ1v) is 6.15. The normalized spacial score (nSPS) is 14.0. The predicted molar refractivity (Wildman–Crippen MR) is 67.1 cm³/mol. The molecule has 1 atom stereocenters. The van der Waals surface area contributed by atoms with Gasteiger partial charge in [0.05, 0.1) is 0 Å². The Kier molecular flexibility index (Phi) is 4.19. The van der Waals surface area contributed by atoms with E-state index in [-0.39, 0.29) is 16.6 Å². The zero-order chi connectivity index (χ0) is 11.6. The lowest BCUT2D eigenvalue weighted by molar-refractivity contribution is 0.447. The molecule has 84 valence electrons. The van der Waals surface area contributed by atoms with E-state index in [9.17, 15) is 4.39 Å². The molecule has 0 saturated carbocycles.